The first-order valence-corrected chi connectivity index (χ1v) is 17.6. The van der Waals surface area contributed by atoms with Gasteiger partial charge in [0.25, 0.3) is 11.5 Å². The molecule has 0 radical (unpaired) electrons. The zero-order valence-corrected chi connectivity index (χ0v) is 35.6. The number of carbonyl (C=O) groups excluding carboxylic acids is 2. The molecule has 0 saturated carbocycles. The van der Waals surface area contributed by atoms with E-state index in [1.165, 1.54) is 35.9 Å². The van der Waals surface area contributed by atoms with Crippen LogP contribution in [0.2, 0.25) is 0 Å². The van der Waals surface area contributed by atoms with E-state index in [-0.39, 0.29) is 122 Å². The fraction of sp³-hybridized carbons (Fsp3) is 0.0333. The number of nitrogens with zero attached hydrogens (tertiary/aromatic N) is 2. The van der Waals surface area contributed by atoms with Crippen LogP contribution in [-0.2, 0) is 37.4 Å². The molecule has 6 rings (SSSR count). The molecule has 0 fully saturated rings. The van der Waals surface area contributed by atoms with Gasteiger partial charge >= 0.3 is 88.7 Å². The van der Waals surface area contributed by atoms with E-state index in [9.17, 15) is 53.3 Å². The number of nitrogen functional groups attached to an aromatic ring is 1. The van der Waals surface area contributed by atoms with Gasteiger partial charge in [-0.05, 0) is 53.6 Å². The van der Waals surface area contributed by atoms with Gasteiger partial charge in [-0.15, -0.1) is 0 Å². The van der Waals surface area contributed by atoms with Crippen LogP contribution in [0.5, 0.6) is 0 Å². The van der Waals surface area contributed by atoms with E-state index in [0.29, 0.717) is 22.6 Å². The molecule has 0 spiro atoms. The molecule has 1 aliphatic carbocycles. The Hall–Kier alpha value is -2.24. The molecule has 0 unspecified atom stereocenters. The van der Waals surface area contributed by atoms with Gasteiger partial charge in [0.15, 0.2) is 5.78 Å². The van der Waals surface area contributed by atoms with Gasteiger partial charge in [0, 0.05) is 29.6 Å². The molecule has 1 heterocycles. The van der Waals surface area contributed by atoms with Gasteiger partial charge in [0.2, 0.25) is 0 Å². The van der Waals surface area contributed by atoms with Crippen molar-refractivity contribution in [3.05, 3.63) is 106 Å². The Morgan fingerprint density at radius 3 is 1.88 bits per heavy atom. The molecular formula is C30H18N3Na3O12S3. The first-order valence-electron chi connectivity index (χ1n) is 13.4. The summed E-state index contributed by atoms with van der Waals surface area (Å²) >= 11 is 0. The molecule has 0 atom stereocenters. The van der Waals surface area contributed by atoms with Crippen molar-refractivity contribution in [3.8, 4) is 11.1 Å². The third-order valence-corrected chi connectivity index (χ3v) is 10.4. The normalized spacial score (nSPS) is 12.2. The van der Waals surface area contributed by atoms with Gasteiger partial charge in [0.05, 0.1) is 42.8 Å². The predicted molar refractivity (Wildman–Crippen MR) is 166 cm³/mol. The van der Waals surface area contributed by atoms with Crippen molar-refractivity contribution in [2.45, 2.75) is 14.7 Å². The molecule has 0 bridgehead atoms. The van der Waals surface area contributed by atoms with Crippen LogP contribution in [0.25, 0.3) is 22.0 Å². The predicted octanol–water partition coefficient (Wildman–Crippen LogP) is -6.97. The number of fused-ring (bicyclic) bond motifs is 2. The zero-order valence-electron chi connectivity index (χ0n) is 27.1. The number of hydrogen-bond donors (Lipinski definition) is 1. The number of pyridine rings is 1. The molecule has 1 amide bonds. The fourth-order valence-corrected chi connectivity index (χ4v) is 7.51. The van der Waals surface area contributed by atoms with Crippen molar-refractivity contribution >= 4 is 70.0 Å². The molecule has 0 saturated heterocycles. The van der Waals surface area contributed by atoms with Crippen LogP contribution >= 0.6 is 0 Å². The molecule has 246 valence electrons. The Kier molecular flexibility index (Phi) is 12.9. The average Bonchev–Trinajstić information content (AvgIpc) is 3.00. The summed E-state index contributed by atoms with van der Waals surface area (Å²) in [6, 6.07) is 14.3. The number of nitrogens with two attached hydrogens (primary N) is 1. The largest absolute Gasteiger partial charge is 1.00 e. The zero-order chi connectivity index (χ0) is 35.1. The van der Waals surface area contributed by atoms with Crippen molar-refractivity contribution in [2.24, 2.45) is 7.05 Å². The third-order valence-electron chi connectivity index (χ3n) is 7.76. The summed E-state index contributed by atoms with van der Waals surface area (Å²) in [5.74, 6) is -2.03. The molecule has 0 aliphatic heterocycles. The van der Waals surface area contributed by atoms with Gasteiger partial charge in [0.1, 0.15) is 30.4 Å². The number of aromatic nitrogens is 1. The molecule has 1 aliphatic rings. The standard InChI is InChI=1S/C30H21N3O12S3.3Na/c1-32-21-9-10-22(28-27(21)19(12-26(32)34)17-7-2-3-8-18(17)29(28)35)33(30(36)15-5-4-6-16(11-15)46(37,38)39)23-13-20(31)24(47(40,41)42)14-25(23)48(43,44)45;;;/h2-14H,31H2,1H3,(H,37,38,39)(H,40,41,42)(H,43,44,45);;;/q;3*+1/p-3. The monoisotopic (exact) mass is 777 g/mol. The Morgan fingerprint density at radius 1 is 0.686 bits per heavy atom. The smallest absolute Gasteiger partial charge is 0.744 e. The van der Waals surface area contributed by atoms with Crippen LogP contribution < -0.4 is 105 Å². The van der Waals surface area contributed by atoms with Crippen molar-refractivity contribution in [1.29, 1.82) is 0 Å². The molecule has 5 aromatic rings. The number of anilines is 3. The number of aryl methyl sites for hydroxylation is 1. The number of rotatable bonds is 6. The third kappa shape index (κ3) is 7.73. The van der Waals surface area contributed by atoms with Gasteiger partial charge in [-0.1, -0.05) is 30.3 Å². The minimum Gasteiger partial charge on any atom is -0.744 e. The quantitative estimate of drug-likeness (QED) is 0.0939. The maximum absolute atomic E-state index is 14.4. The minimum absolute atomic E-state index is 0. The summed E-state index contributed by atoms with van der Waals surface area (Å²) in [5.41, 5.74) is 3.23. The minimum atomic E-state index is -5.74. The Labute approximate surface area is 357 Å². The molecule has 4 aromatic carbocycles. The Bertz CT molecular complexity index is 2700. The van der Waals surface area contributed by atoms with Crippen LogP contribution in [0.15, 0.2) is 98.3 Å². The van der Waals surface area contributed by atoms with E-state index >= 15 is 0 Å². The number of amides is 1. The number of hydrogen-bond acceptors (Lipinski definition) is 13. The molecular weight excluding hydrogens is 760 g/mol. The maximum Gasteiger partial charge on any atom is 1.00 e. The van der Waals surface area contributed by atoms with Gasteiger partial charge in [-0.25, -0.2) is 25.3 Å². The van der Waals surface area contributed by atoms with E-state index in [1.54, 1.807) is 12.1 Å². The molecule has 15 nitrogen and oxygen atoms in total. The van der Waals surface area contributed by atoms with Crippen molar-refractivity contribution in [2.75, 3.05) is 10.6 Å². The Morgan fingerprint density at radius 2 is 1.29 bits per heavy atom. The van der Waals surface area contributed by atoms with Crippen molar-refractivity contribution in [1.82, 2.24) is 4.57 Å². The molecule has 2 N–H and O–H groups in total. The molecule has 1 aromatic heterocycles. The molecule has 21 heteroatoms. The summed E-state index contributed by atoms with van der Waals surface area (Å²) in [5, 5.41) is 0.130. The maximum atomic E-state index is 14.4. The van der Waals surface area contributed by atoms with E-state index in [2.05, 4.69) is 0 Å². The first-order chi connectivity index (χ1) is 22.3. The second kappa shape index (κ2) is 15.2. The van der Waals surface area contributed by atoms with Crippen LogP contribution in [0.3, 0.4) is 0 Å². The van der Waals surface area contributed by atoms with Crippen molar-refractivity contribution < 1.29 is 137 Å². The second-order valence-electron chi connectivity index (χ2n) is 10.6. The topological polar surface area (TPSA) is 257 Å². The van der Waals surface area contributed by atoms with Crippen LogP contribution in [0, 0.1) is 0 Å². The molecule has 51 heavy (non-hydrogen) atoms. The van der Waals surface area contributed by atoms with Crippen LogP contribution in [-0.4, -0.2) is 55.2 Å². The fourth-order valence-electron chi connectivity index (χ4n) is 5.64. The number of ketones is 1. The van der Waals surface area contributed by atoms with Crippen LogP contribution in [0.1, 0.15) is 26.3 Å². The summed E-state index contributed by atoms with van der Waals surface area (Å²) in [7, 11) is -14.9. The van der Waals surface area contributed by atoms with Gasteiger partial charge in [-0.2, -0.15) is 0 Å². The summed E-state index contributed by atoms with van der Waals surface area (Å²) in [6.45, 7) is 0. The summed E-state index contributed by atoms with van der Waals surface area (Å²) in [6.07, 6.45) is 0. The average molecular weight is 778 g/mol. The van der Waals surface area contributed by atoms with Gasteiger partial charge in [-0.3, -0.25) is 19.3 Å². The van der Waals surface area contributed by atoms with Crippen molar-refractivity contribution in [3.63, 3.8) is 0 Å². The number of benzene rings is 4. The number of carbonyl (C=O) groups is 2. The van der Waals surface area contributed by atoms with E-state index in [4.69, 9.17) is 5.73 Å². The summed E-state index contributed by atoms with van der Waals surface area (Å²) < 4.78 is 110. The Balaban J connectivity index is 0.00000234. The summed E-state index contributed by atoms with van der Waals surface area (Å²) in [4.78, 5) is 38.6. The SMILES string of the molecule is Cn1c(=O)cc2c3c(c(N(C(=O)c4cccc(S(=O)(=O)[O-])c4)c4cc(N)c(S(=O)(=O)[O-])cc4S(=O)(=O)[O-])ccc31)C(=O)c1ccccc1-2.[Na+].[Na+].[Na+]. The van der Waals surface area contributed by atoms with E-state index in [0.717, 1.165) is 24.3 Å². The van der Waals surface area contributed by atoms with E-state index in [1.807, 2.05) is 0 Å². The van der Waals surface area contributed by atoms with Crippen LogP contribution in [0.4, 0.5) is 17.1 Å². The van der Waals surface area contributed by atoms with Gasteiger partial charge < -0.3 is 24.0 Å². The second-order valence-corrected chi connectivity index (χ2v) is 14.6. The first kappa shape index (κ1) is 43.2. The van der Waals surface area contributed by atoms with E-state index < -0.39 is 84.9 Å².